The van der Waals surface area contributed by atoms with Gasteiger partial charge in [0.25, 0.3) is 5.91 Å². The lowest BCUT2D eigenvalue weighted by atomic mass is 9.86. The van der Waals surface area contributed by atoms with Gasteiger partial charge in [0.15, 0.2) is 0 Å². The predicted octanol–water partition coefficient (Wildman–Crippen LogP) is 1.69. The van der Waals surface area contributed by atoms with Crippen LogP contribution < -0.4 is 5.32 Å². The minimum Gasteiger partial charge on any atom is -0.507 e. The third-order valence-corrected chi connectivity index (χ3v) is 6.30. The number of aliphatic hydroxyl groups excluding tert-OH is 1. The van der Waals surface area contributed by atoms with Gasteiger partial charge in [0.1, 0.15) is 5.75 Å². The molecule has 2 amide bonds. The van der Waals surface area contributed by atoms with Crippen LogP contribution >= 0.6 is 0 Å². The number of phenols is 1. The molecule has 3 N–H and O–H groups in total. The molecule has 0 bridgehead atoms. The first-order chi connectivity index (χ1) is 13.8. The SMILES string of the molecule is CC(=O)N1CCN([C@@H]2CCC[C@@H](NC(=O)c3cc(C(C)C)ccc3O)[C@H]2O)CC1. The Hall–Kier alpha value is -2.12. The Labute approximate surface area is 172 Å². The van der Waals surface area contributed by atoms with Crippen LogP contribution in [0, 0.1) is 0 Å². The highest BCUT2D eigenvalue weighted by Crippen LogP contribution is 2.27. The zero-order chi connectivity index (χ0) is 21.1. The van der Waals surface area contributed by atoms with Crippen LogP contribution in [0.4, 0.5) is 0 Å². The van der Waals surface area contributed by atoms with Crippen molar-refractivity contribution >= 4 is 11.8 Å². The minimum atomic E-state index is -0.674. The van der Waals surface area contributed by atoms with Crippen LogP contribution in [0.1, 0.15) is 61.9 Å². The molecule has 7 nitrogen and oxygen atoms in total. The molecule has 0 radical (unpaired) electrons. The number of rotatable bonds is 4. The molecule has 2 fully saturated rings. The summed E-state index contributed by atoms with van der Waals surface area (Å²) < 4.78 is 0. The minimum absolute atomic E-state index is 0.0289. The van der Waals surface area contributed by atoms with Crippen LogP contribution in [0.2, 0.25) is 0 Å². The van der Waals surface area contributed by atoms with Crippen molar-refractivity contribution in [2.24, 2.45) is 0 Å². The van der Waals surface area contributed by atoms with Crippen LogP contribution in [-0.2, 0) is 4.79 Å². The summed E-state index contributed by atoms with van der Waals surface area (Å²) in [5.41, 5.74) is 1.24. The number of hydrogen-bond acceptors (Lipinski definition) is 5. The van der Waals surface area contributed by atoms with Gasteiger partial charge in [-0.05, 0) is 42.9 Å². The van der Waals surface area contributed by atoms with E-state index < -0.39 is 6.10 Å². The Morgan fingerprint density at radius 3 is 2.45 bits per heavy atom. The van der Waals surface area contributed by atoms with E-state index in [0.717, 1.165) is 31.5 Å². The van der Waals surface area contributed by atoms with E-state index in [1.807, 2.05) is 24.8 Å². The zero-order valence-corrected chi connectivity index (χ0v) is 17.6. The number of aromatic hydroxyl groups is 1. The van der Waals surface area contributed by atoms with E-state index in [-0.39, 0.29) is 41.1 Å². The fraction of sp³-hybridized carbons (Fsp3) is 0.636. The monoisotopic (exact) mass is 403 g/mol. The Kier molecular flexibility index (Phi) is 6.80. The summed E-state index contributed by atoms with van der Waals surface area (Å²) in [6, 6.07) is 4.72. The quantitative estimate of drug-likeness (QED) is 0.711. The Morgan fingerprint density at radius 1 is 1.14 bits per heavy atom. The van der Waals surface area contributed by atoms with Crippen molar-refractivity contribution < 1.29 is 19.8 Å². The summed E-state index contributed by atoms with van der Waals surface area (Å²) in [6.45, 7) is 8.47. The van der Waals surface area contributed by atoms with Crippen LogP contribution in [-0.4, -0.2) is 76.2 Å². The Bertz CT molecular complexity index is 744. The molecule has 1 saturated carbocycles. The second-order valence-corrected chi connectivity index (χ2v) is 8.54. The van der Waals surface area contributed by atoms with Crippen molar-refractivity contribution in [2.45, 2.75) is 64.1 Å². The standard InChI is InChI=1S/C22H33N3O4/c1-14(2)16-7-8-20(27)17(13-16)22(29)23-18-5-4-6-19(21(18)28)25-11-9-24(10-12-25)15(3)26/h7-8,13-14,18-19,21,27-28H,4-6,9-12H2,1-3H3,(H,23,29)/t18-,19-,21-/m1/s1. The predicted molar refractivity (Wildman–Crippen MR) is 111 cm³/mol. The number of aliphatic hydroxyl groups is 1. The number of nitrogens with one attached hydrogen (secondary N) is 1. The second kappa shape index (κ2) is 9.13. The third kappa shape index (κ3) is 4.90. The zero-order valence-electron chi connectivity index (χ0n) is 17.6. The maximum Gasteiger partial charge on any atom is 0.255 e. The summed E-state index contributed by atoms with van der Waals surface area (Å²) in [5, 5.41) is 24.1. The average Bonchev–Trinajstić information content (AvgIpc) is 2.69. The molecular weight excluding hydrogens is 370 g/mol. The van der Waals surface area contributed by atoms with Crippen molar-refractivity contribution in [3.63, 3.8) is 0 Å². The lowest BCUT2D eigenvalue weighted by Gasteiger charge is -2.45. The van der Waals surface area contributed by atoms with Crippen molar-refractivity contribution in [3.8, 4) is 5.75 Å². The molecule has 1 aromatic carbocycles. The van der Waals surface area contributed by atoms with Gasteiger partial charge in [-0.2, -0.15) is 0 Å². The van der Waals surface area contributed by atoms with E-state index in [1.54, 1.807) is 19.1 Å². The molecule has 1 heterocycles. The number of piperazine rings is 1. The van der Waals surface area contributed by atoms with Gasteiger partial charge >= 0.3 is 0 Å². The molecule has 3 atom stereocenters. The van der Waals surface area contributed by atoms with Gasteiger partial charge in [-0.3, -0.25) is 14.5 Å². The second-order valence-electron chi connectivity index (χ2n) is 8.54. The maximum atomic E-state index is 12.8. The largest absolute Gasteiger partial charge is 0.507 e. The lowest BCUT2D eigenvalue weighted by Crippen LogP contribution is -2.60. The van der Waals surface area contributed by atoms with E-state index in [0.29, 0.717) is 19.5 Å². The normalized spacial score (nSPS) is 25.8. The molecule has 1 aliphatic heterocycles. The summed E-state index contributed by atoms with van der Waals surface area (Å²) in [4.78, 5) is 28.4. The highest BCUT2D eigenvalue weighted by molar-refractivity contribution is 5.97. The van der Waals surface area contributed by atoms with E-state index in [2.05, 4.69) is 10.2 Å². The van der Waals surface area contributed by atoms with E-state index in [9.17, 15) is 19.8 Å². The van der Waals surface area contributed by atoms with Crippen LogP contribution in [0.15, 0.2) is 18.2 Å². The Balaban J connectivity index is 1.65. The number of carbonyl (C=O) groups is 2. The number of hydrogen-bond donors (Lipinski definition) is 3. The molecule has 0 aromatic heterocycles. The van der Waals surface area contributed by atoms with Gasteiger partial charge in [-0.1, -0.05) is 19.9 Å². The highest BCUT2D eigenvalue weighted by Gasteiger charge is 2.37. The van der Waals surface area contributed by atoms with Gasteiger partial charge in [0.05, 0.1) is 17.7 Å². The van der Waals surface area contributed by atoms with E-state index >= 15 is 0 Å². The average molecular weight is 404 g/mol. The lowest BCUT2D eigenvalue weighted by molar-refractivity contribution is -0.131. The maximum absolute atomic E-state index is 12.8. The number of carbonyl (C=O) groups excluding carboxylic acids is 2. The Morgan fingerprint density at radius 2 is 1.83 bits per heavy atom. The molecule has 29 heavy (non-hydrogen) atoms. The molecule has 1 aromatic rings. The number of phenolic OH excluding ortho intramolecular Hbond substituents is 1. The first-order valence-corrected chi connectivity index (χ1v) is 10.6. The summed E-state index contributed by atoms with van der Waals surface area (Å²) in [6.07, 6.45) is 1.83. The molecule has 0 unspecified atom stereocenters. The van der Waals surface area contributed by atoms with Gasteiger partial charge in [0.2, 0.25) is 5.91 Å². The van der Waals surface area contributed by atoms with Gasteiger partial charge in [0, 0.05) is 39.1 Å². The van der Waals surface area contributed by atoms with Gasteiger partial charge in [-0.25, -0.2) is 0 Å². The molecular formula is C22H33N3O4. The number of nitrogens with zero attached hydrogens (tertiary/aromatic N) is 2. The molecule has 3 rings (SSSR count). The number of benzene rings is 1. The van der Waals surface area contributed by atoms with Crippen LogP contribution in [0.5, 0.6) is 5.75 Å². The van der Waals surface area contributed by atoms with E-state index in [4.69, 9.17) is 0 Å². The molecule has 1 saturated heterocycles. The van der Waals surface area contributed by atoms with Crippen LogP contribution in [0.25, 0.3) is 0 Å². The van der Waals surface area contributed by atoms with E-state index in [1.165, 1.54) is 0 Å². The summed E-state index contributed by atoms with van der Waals surface area (Å²) in [7, 11) is 0. The molecule has 1 aliphatic carbocycles. The van der Waals surface area contributed by atoms with Crippen molar-refractivity contribution in [1.29, 1.82) is 0 Å². The molecule has 0 spiro atoms. The van der Waals surface area contributed by atoms with Crippen molar-refractivity contribution in [2.75, 3.05) is 26.2 Å². The summed E-state index contributed by atoms with van der Waals surface area (Å²) in [5.74, 6) is -0.0620. The summed E-state index contributed by atoms with van der Waals surface area (Å²) >= 11 is 0. The van der Waals surface area contributed by atoms with Crippen molar-refractivity contribution in [1.82, 2.24) is 15.1 Å². The molecule has 2 aliphatic rings. The van der Waals surface area contributed by atoms with Gasteiger partial charge in [-0.15, -0.1) is 0 Å². The first kappa shape index (κ1) is 21.6. The van der Waals surface area contributed by atoms with Crippen molar-refractivity contribution in [3.05, 3.63) is 29.3 Å². The third-order valence-electron chi connectivity index (χ3n) is 6.30. The fourth-order valence-electron chi connectivity index (χ4n) is 4.42. The topological polar surface area (TPSA) is 93.1 Å². The van der Waals surface area contributed by atoms with Crippen LogP contribution in [0.3, 0.4) is 0 Å². The molecule has 160 valence electrons. The molecule has 7 heteroatoms. The van der Waals surface area contributed by atoms with Gasteiger partial charge < -0.3 is 20.4 Å². The fourth-order valence-corrected chi connectivity index (χ4v) is 4.42. The number of amides is 2. The smallest absolute Gasteiger partial charge is 0.255 e. The first-order valence-electron chi connectivity index (χ1n) is 10.6. The highest BCUT2D eigenvalue weighted by atomic mass is 16.3.